The molecule has 0 aliphatic rings. The van der Waals surface area contributed by atoms with E-state index in [9.17, 15) is 4.79 Å². The molecule has 0 fully saturated rings. The van der Waals surface area contributed by atoms with Crippen molar-refractivity contribution >= 4 is 24.0 Å². The van der Waals surface area contributed by atoms with E-state index in [-0.39, 0.29) is 5.78 Å². The van der Waals surface area contributed by atoms with Crippen LogP contribution in [0, 0.1) is 6.92 Å². The zero-order valence-electron chi connectivity index (χ0n) is 12.3. The Morgan fingerprint density at radius 1 is 0.950 bits per heavy atom. The highest BCUT2D eigenvalue weighted by Gasteiger charge is 2.05. The van der Waals surface area contributed by atoms with Crippen LogP contribution in [0.5, 0.6) is 0 Å². The lowest BCUT2D eigenvalue weighted by Crippen LogP contribution is -2.22. The molecule has 0 N–H and O–H groups in total. The van der Waals surface area contributed by atoms with Crippen LogP contribution in [0.25, 0.3) is 6.08 Å². The van der Waals surface area contributed by atoms with Gasteiger partial charge >= 0.3 is 0 Å². The summed E-state index contributed by atoms with van der Waals surface area (Å²) in [5.41, 5.74) is 4.25. The molecule has 2 rings (SSSR count). The molecule has 0 saturated carbocycles. The van der Waals surface area contributed by atoms with Gasteiger partial charge < -0.3 is 0 Å². The Morgan fingerprint density at radius 2 is 1.55 bits per heavy atom. The zero-order valence-corrected chi connectivity index (χ0v) is 12.3. The van der Waals surface area contributed by atoms with Gasteiger partial charge in [0, 0.05) is 5.56 Å². The van der Waals surface area contributed by atoms with Crippen LogP contribution in [0.4, 0.5) is 0 Å². The molecular weight excluding hydrogens is 243 g/mol. The van der Waals surface area contributed by atoms with E-state index in [1.165, 1.54) is 11.0 Å². The maximum Gasteiger partial charge on any atom is 0.185 e. The summed E-state index contributed by atoms with van der Waals surface area (Å²) in [6.45, 7) is 6.83. The van der Waals surface area contributed by atoms with Crippen molar-refractivity contribution < 1.29 is 4.79 Å². The van der Waals surface area contributed by atoms with E-state index in [0.717, 1.165) is 11.1 Å². The van der Waals surface area contributed by atoms with Gasteiger partial charge in [-0.3, -0.25) is 4.79 Å². The fourth-order valence-corrected chi connectivity index (χ4v) is 1.98. The molecule has 2 aromatic carbocycles. The van der Waals surface area contributed by atoms with Crippen LogP contribution in [-0.2, 0) is 0 Å². The number of aryl methyl sites for hydroxylation is 1. The van der Waals surface area contributed by atoms with E-state index < -0.39 is 0 Å². The molecule has 1 nitrogen and oxygen atoms in total. The fraction of sp³-hybridized carbons (Fsp3) is 0.167. The smallest absolute Gasteiger partial charge is 0.185 e. The predicted octanol–water partition coefficient (Wildman–Crippen LogP) is 3.85. The molecule has 2 heteroatoms. The minimum absolute atomic E-state index is 0.0425. The van der Waals surface area contributed by atoms with Gasteiger partial charge in [0.05, 0.1) is 0 Å². The third-order valence-corrected chi connectivity index (χ3v) is 3.37. The lowest BCUT2D eigenvalue weighted by Gasteiger charge is -2.02. The van der Waals surface area contributed by atoms with Crippen molar-refractivity contribution in [2.45, 2.75) is 20.6 Å². The first-order valence-corrected chi connectivity index (χ1v) is 6.95. The number of ketones is 1. The van der Waals surface area contributed by atoms with Crippen molar-refractivity contribution in [1.29, 1.82) is 0 Å². The summed E-state index contributed by atoms with van der Waals surface area (Å²) < 4.78 is 0. The largest absolute Gasteiger partial charge is 0.289 e. The van der Waals surface area contributed by atoms with Crippen LogP contribution in [0.3, 0.4) is 0 Å². The molecule has 0 unspecified atom stereocenters. The molecule has 0 aliphatic carbocycles. The van der Waals surface area contributed by atoms with Crippen LogP contribution in [0.2, 0.25) is 13.6 Å². The molecule has 100 valence electrons. The predicted molar refractivity (Wildman–Crippen MR) is 88.1 cm³/mol. The van der Waals surface area contributed by atoms with E-state index in [1.54, 1.807) is 6.08 Å². The van der Waals surface area contributed by atoms with Crippen LogP contribution in [-0.4, -0.2) is 12.5 Å². The first kappa shape index (κ1) is 14.3. The average molecular weight is 262 g/mol. The van der Waals surface area contributed by atoms with Crippen molar-refractivity contribution in [2.75, 3.05) is 0 Å². The first-order valence-electron chi connectivity index (χ1n) is 6.95. The van der Waals surface area contributed by atoms with Crippen molar-refractivity contribution in [2.24, 2.45) is 0 Å². The third-order valence-electron chi connectivity index (χ3n) is 3.37. The molecule has 20 heavy (non-hydrogen) atoms. The second-order valence-electron chi connectivity index (χ2n) is 5.38. The zero-order chi connectivity index (χ0) is 14.5. The highest BCUT2D eigenvalue weighted by molar-refractivity contribution is 6.70. The Balaban J connectivity index is 2.09. The molecule has 0 amide bonds. The van der Waals surface area contributed by atoms with Crippen molar-refractivity contribution in [1.82, 2.24) is 0 Å². The molecule has 0 bridgehead atoms. The standard InChI is InChI=1S/C18H19BO/c1-14-4-6-15(7-5-14)8-13-18(20)16-9-11-17(12-10-16)19(2)3/h4-13H,1-3H3/b13-8+. The van der Waals surface area contributed by atoms with E-state index in [4.69, 9.17) is 0 Å². The minimum atomic E-state index is 0.0425. The number of benzene rings is 2. The molecule has 2 aromatic rings. The number of carbonyl (C=O) groups excluding carboxylic acids is 1. The van der Waals surface area contributed by atoms with Gasteiger partial charge in [0.15, 0.2) is 12.5 Å². The Kier molecular flexibility index (Phi) is 4.57. The van der Waals surface area contributed by atoms with Gasteiger partial charge in [0.25, 0.3) is 0 Å². The fourth-order valence-electron chi connectivity index (χ4n) is 1.98. The van der Waals surface area contributed by atoms with Gasteiger partial charge in [-0.05, 0) is 18.6 Å². The summed E-state index contributed by atoms with van der Waals surface area (Å²) >= 11 is 0. The van der Waals surface area contributed by atoms with Crippen molar-refractivity contribution in [3.63, 3.8) is 0 Å². The van der Waals surface area contributed by atoms with E-state index in [0.29, 0.717) is 6.71 Å². The summed E-state index contributed by atoms with van der Waals surface area (Å²) in [6, 6.07) is 16.0. The summed E-state index contributed by atoms with van der Waals surface area (Å²) in [4.78, 5) is 12.1. The van der Waals surface area contributed by atoms with Gasteiger partial charge in [-0.1, -0.05) is 79.3 Å². The summed E-state index contributed by atoms with van der Waals surface area (Å²) in [6.07, 6.45) is 3.49. The molecule has 0 saturated heterocycles. The Morgan fingerprint density at radius 3 is 2.10 bits per heavy atom. The Hall–Kier alpha value is -2.09. The van der Waals surface area contributed by atoms with Crippen LogP contribution < -0.4 is 5.46 Å². The maximum atomic E-state index is 12.1. The maximum absolute atomic E-state index is 12.1. The number of rotatable bonds is 4. The van der Waals surface area contributed by atoms with E-state index in [1.807, 2.05) is 54.6 Å². The van der Waals surface area contributed by atoms with E-state index in [2.05, 4.69) is 20.6 Å². The minimum Gasteiger partial charge on any atom is -0.289 e. The number of allylic oxidation sites excluding steroid dienone is 1. The Bertz CT molecular complexity index is 607. The van der Waals surface area contributed by atoms with Gasteiger partial charge in [-0.15, -0.1) is 0 Å². The normalized spacial score (nSPS) is 10.8. The topological polar surface area (TPSA) is 17.1 Å². The van der Waals surface area contributed by atoms with Crippen LogP contribution in [0.1, 0.15) is 21.5 Å². The highest BCUT2D eigenvalue weighted by Crippen LogP contribution is 2.07. The monoisotopic (exact) mass is 262 g/mol. The lowest BCUT2D eigenvalue weighted by atomic mass is 9.49. The number of hydrogen-bond donors (Lipinski definition) is 0. The molecule has 0 heterocycles. The van der Waals surface area contributed by atoms with Crippen molar-refractivity contribution in [3.05, 3.63) is 71.3 Å². The number of hydrogen-bond acceptors (Lipinski definition) is 1. The van der Waals surface area contributed by atoms with Crippen molar-refractivity contribution in [3.8, 4) is 0 Å². The molecule has 0 aliphatic heterocycles. The lowest BCUT2D eigenvalue weighted by molar-refractivity contribution is 0.104. The SMILES string of the molecule is CB(C)c1ccc(C(=O)/C=C/c2ccc(C)cc2)cc1. The quantitative estimate of drug-likeness (QED) is 0.464. The Labute approximate surface area is 121 Å². The summed E-state index contributed by atoms with van der Waals surface area (Å²) in [5.74, 6) is 0.0425. The van der Waals surface area contributed by atoms with Crippen LogP contribution in [0.15, 0.2) is 54.6 Å². The second-order valence-corrected chi connectivity index (χ2v) is 5.38. The first-order chi connectivity index (χ1) is 9.56. The van der Waals surface area contributed by atoms with Crippen LogP contribution >= 0.6 is 0 Å². The average Bonchev–Trinajstić information content (AvgIpc) is 2.46. The summed E-state index contributed by atoms with van der Waals surface area (Å²) in [5, 5.41) is 0. The van der Waals surface area contributed by atoms with Gasteiger partial charge in [-0.25, -0.2) is 0 Å². The molecule has 0 spiro atoms. The molecular formula is C18H19BO. The highest BCUT2D eigenvalue weighted by atomic mass is 16.1. The van der Waals surface area contributed by atoms with Gasteiger partial charge in [0.2, 0.25) is 0 Å². The van der Waals surface area contributed by atoms with Gasteiger partial charge in [0.1, 0.15) is 0 Å². The number of carbonyl (C=O) groups is 1. The third kappa shape index (κ3) is 3.70. The molecule has 0 aromatic heterocycles. The molecule has 0 radical (unpaired) electrons. The molecule has 0 atom stereocenters. The van der Waals surface area contributed by atoms with E-state index >= 15 is 0 Å². The second kappa shape index (κ2) is 6.38. The van der Waals surface area contributed by atoms with Gasteiger partial charge in [-0.2, -0.15) is 0 Å². The summed E-state index contributed by atoms with van der Waals surface area (Å²) in [7, 11) is 0.